The number of methoxy groups -OCH3 is 1. The van der Waals surface area contributed by atoms with E-state index in [9.17, 15) is 46.2 Å². The SMILES string of the molecule is COc1cc(F)c(OC2CCC(CO)(C(=O)O)CC2)cc1C(=O)N[C@@H]1[C@@H]2CC[C@@H](C2)[C@@H]1C(=O)Nc1cccc(S(=O)(=O)C(F)(F)F)c1. The van der Waals surface area contributed by atoms with Crippen molar-refractivity contribution in [3.05, 3.63) is 47.8 Å². The predicted octanol–water partition coefficient (Wildman–Crippen LogP) is 4.30. The van der Waals surface area contributed by atoms with Crippen molar-refractivity contribution < 1.29 is 60.0 Å². The molecule has 47 heavy (non-hydrogen) atoms. The summed E-state index contributed by atoms with van der Waals surface area (Å²) in [5.74, 6) is -4.62. The van der Waals surface area contributed by atoms with Crippen LogP contribution in [0.4, 0.5) is 23.2 Å². The first-order valence-corrected chi connectivity index (χ1v) is 16.5. The van der Waals surface area contributed by atoms with Crippen molar-refractivity contribution in [2.45, 2.75) is 67.5 Å². The van der Waals surface area contributed by atoms with E-state index in [1.807, 2.05) is 0 Å². The highest BCUT2D eigenvalue weighted by atomic mass is 32.2. The standard InChI is InChI=1S/C31H34F4N2O9S/c1-45-23-14-22(32)24(46-19-7-9-30(15-38,10-8-19)29(41)42)13-21(23)27(39)37-26-17-6-5-16(11-17)25(26)28(40)36-18-3-2-4-20(12-18)47(43,44)31(33,34)35/h2-4,12-14,16-17,19,25-26,38H,5-11,15H2,1H3,(H,36,40)(H,37,39)(H,41,42)/t16-,17+,19?,25-,26+,30?/m0/s1. The maximum absolute atomic E-state index is 15.0. The number of carboxylic acid groups (broad SMARTS) is 1. The predicted molar refractivity (Wildman–Crippen MR) is 157 cm³/mol. The third-order valence-corrected chi connectivity index (χ3v) is 11.2. The molecule has 256 valence electrons. The van der Waals surface area contributed by atoms with Crippen LogP contribution < -0.4 is 20.1 Å². The second-order valence-electron chi connectivity index (χ2n) is 12.4. The van der Waals surface area contributed by atoms with E-state index < -0.39 is 73.9 Å². The van der Waals surface area contributed by atoms with Crippen LogP contribution in [0.25, 0.3) is 0 Å². The Morgan fingerprint density at radius 2 is 1.70 bits per heavy atom. The molecular formula is C31H34F4N2O9S. The number of alkyl halides is 3. The van der Waals surface area contributed by atoms with Crippen molar-refractivity contribution in [2.24, 2.45) is 23.2 Å². The van der Waals surface area contributed by atoms with Crippen molar-refractivity contribution >= 4 is 33.3 Å². The number of aliphatic carboxylic acids is 1. The number of anilines is 1. The van der Waals surface area contributed by atoms with Crippen LogP contribution in [-0.2, 0) is 19.4 Å². The number of rotatable bonds is 10. The summed E-state index contributed by atoms with van der Waals surface area (Å²) in [6, 6.07) is 5.31. The van der Waals surface area contributed by atoms with Gasteiger partial charge in [0.25, 0.3) is 15.7 Å². The molecule has 3 aliphatic rings. The molecule has 4 N–H and O–H groups in total. The Hall–Kier alpha value is -3.92. The van der Waals surface area contributed by atoms with Gasteiger partial charge in [0.1, 0.15) is 5.75 Å². The summed E-state index contributed by atoms with van der Waals surface area (Å²) in [5.41, 5.74) is -7.06. The van der Waals surface area contributed by atoms with Gasteiger partial charge in [-0.05, 0) is 81.0 Å². The molecular weight excluding hydrogens is 652 g/mol. The molecule has 11 nitrogen and oxygen atoms in total. The molecule has 3 aliphatic carbocycles. The van der Waals surface area contributed by atoms with Gasteiger partial charge in [-0.3, -0.25) is 14.4 Å². The number of aliphatic hydroxyl groups is 1. The lowest BCUT2D eigenvalue weighted by molar-refractivity contribution is -0.155. The number of carbonyl (C=O) groups is 3. The van der Waals surface area contributed by atoms with Gasteiger partial charge in [0.05, 0.1) is 41.6 Å². The molecule has 3 fully saturated rings. The number of carboxylic acids is 1. The topological polar surface area (TPSA) is 168 Å². The molecule has 2 aromatic rings. The zero-order valence-electron chi connectivity index (χ0n) is 25.2. The van der Waals surface area contributed by atoms with E-state index >= 15 is 4.39 Å². The maximum Gasteiger partial charge on any atom is 0.501 e. The van der Waals surface area contributed by atoms with Gasteiger partial charge in [0, 0.05) is 17.8 Å². The zero-order valence-corrected chi connectivity index (χ0v) is 26.0. The fourth-order valence-electron chi connectivity index (χ4n) is 7.06. The summed E-state index contributed by atoms with van der Waals surface area (Å²) in [5, 5.41) is 24.5. The first-order valence-electron chi connectivity index (χ1n) is 15.0. The van der Waals surface area contributed by atoms with Gasteiger partial charge in [0.15, 0.2) is 11.6 Å². The molecule has 0 saturated heterocycles. The minimum atomic E-state index is -5.64. The van der Waals surface area contributed by atoms with Gasteiger partial charge in [-0.1, -0.05) is 6.07 Å². The molecule has 4 atom stereocenters. The number of aliphatic hydroxyl groups excluding tert-OH is 1. The Morgan fingerprint density at radius 1 is 1.02 bits per heavy atom. The van der Waals surface area contributed by atoms with E-state index in [0.717, 1.165) is 24.3 Å². The van der Waals surface area contributed by atoms with Crippen LogP contribution in [0.3, 0.4) is 0 Å². The summed E-state index contributed by atoms with van der Waals surface area (Å²) < 4.78 is 89.1. The molecule has 0 aliphatic heterocycles. The number of hydrogen-bond acceptors (Lipinski definition) is 8. The highest BCUT2D eigenvalue weighted by Crippen LogP contribution is 2.49. The van der Waals surface area contributed by atoms with Gasteiger partial charge < -0.3 is 30.3 Å². The van der Waals surface area contributed by atoms with Crippen molar-refractivity contribution in [2.75, 3.05) is 19.0 Å². The Bertz CT molecular complexity index is 1660. The van der Waals surface area contributed by atoms with Crippen LogP contribution in [0.2, 0.25) is 0 Å². The lowest BCUT2D eigenvalue weighted by Gasteiger charge is -2.35. The highest BCUT2D eigenvalue weighted by molar-refractivity contribution is 7.92. The number of ether oxygens (including phenoxy) is 2. The van der Waals surface area contributed by atoms with Gasteiger partial charge in [-0.15, -0.1) is 0 Å². The molecule has 2 amide bonds. The average Bonchev–Trinajstić information content (AvgIpc) is 3.64. The molecule has 3 saturated carbocycles. The van der Waals surface area contributed by atoms with E-state index in [4.69, 9.17) is 9.47 Å². The molecule has 0 spiro atoms. The van der Waals surface area contributed by atoms with Crippen LogP contribution >= 0.6 is 0 Å². The zero-order chi connectivity index (χ0) is 34.3. The number of amides is 2. The van der Waals surface area contributed by atoms with Gasteiger partial charge >= 0.3 is 11.5 Å². The van der Waals surface area contributed by atoms with E-state index in [2.05, 4.69) is 10.6 Å². The molecule has 16 heteroatoms. The third kappa shape index (κ3) is 6.62. The van der Waals surface area contributed by atoms with Gasteiger partial charge in [-0.2, -0.15) is 13.2 Å². The monoisotopic (exact) mass is 686 g/mol. The van der Waals surface area contributed by atoms with Gasteiger partial charge in [-0.25, -0.2) is 12.8 Å². The Labute approximate surface area is 267 Å². The molecule has 0 aromatic heterocycles. The first-order chi connectivity index (χ1) is 22.1. The lowest BCUT2D eigenvalue weighted by atomic mass is 9.74. The number of sulfone groups is 1. The number of nitrogens with one attached hydrogen (secondary N) is 2. The molecule has 0 unspecified atom stereocenters. The van der Waals surface area contributed by atoms with Crippen molar-refractivity contribution in [1.82, 2.24) is 5.32 Å². The smallest absolute Gasteiger partial charge is 0.496 e. The number of hydrogen-bond donors (Lipinski definition) is 4. The summed E-state index contributed by atoms with van der Waals surface area (Å²) in [6.45, 7) is -0.537. The van der Waals surface area contributed by atoms with Crippen LogP contribution in [0, 0.1) is 29.0 Å². The maximum atomic E-state index is 15.0. The van der Waals surface area contributed by atoms with E-state index in [-0.39, 0.29) is 60.3 Å². The fraction of sp³-hybridized carbons (Fsp3) is 0.516. The number of carbonyl (C=O) groups excluding carboxylic acids is 2. The van der Waals surface area contributed by atoms with Crippen LogP contribution in [0.15, 0.2) is 41.3 Å². The van der Waals surface area contributed by atoms with Crippen molar-refractivity contribution in [3.8, 4) is 11.5 Å². The van der Waals surface area contributed by atoms with E-state index in [1.165, 1.54) is 19.2 Å². The molecule has 2 aromatic carbocycles. The van der Waals surface area contributed by atoms with E-state index in [0.29, 0.717) is 19.3 Å². The summed E-state index contributed by atoms with van der Waals surface area (Å²) >= 11 is 0. The van der Waals surface area contributed by atoms with Crippen LogP contribution in [-0.4, -0.2) is 67.8 Å². The Kier molecular flexibility index (Phi) is 9.48. The summed E-state index contributed by atoms with van der Waals surface area (Å²) in [7, 11) is -4.40. The minimum absolute atomic E-state index is 0.0815. The van der Waals surface area contributed by atoms with Gasteiger partial charge in [0.2, 0.25) is 5.91 Å². The normalized spacial score (nSPS) is 27.2. The fourth-order valence-corrected chi connectivity index (χ4v) is 7.87. The molecule has 5 rings (SSSR count). The second kappa shape index (κ2) is 12.9. The number of fused-ring (bicyclic) bond motifs is 2. The Balaban J connectivity index is 1.32. The largest absolute Gasteiger partial charge is 0.501 e. The molecule has 2 bridgehead atoms. The summed E-state index contributed by atoms with van der Waals surface area (Å²) in [4.78, 5) is 37.7. The first kappa shape index (κ1) is 34.4. The Morgan fingerprint density at radius 3 is 2.32 bits per heavy atom. The molecule has 0 radical (unpaired) electrons. The molecule has 0 heterocycles. The van der Waals surface area contributed by atoms with Crippen molar-refractivity contribution in [3.63, 3.8) is 0 Å². The van der Waals surface area contributed by atoms with Crippen molar-refractivity contribution in [1.29, 1.82) is 0 Å². The van der Waals surface area contributed by atoms with Crippen LogP contribution in [0.1, 0.15) is 55.3 Å². The highest BCUT2D eigenvalue weighted by Gasteiger charge is 2.52. The lowest BCUT2D eigenvalue weighted by Crippen LogP contribution is -2.48. The average molecular weight is 687 g/mol. The number of benzene rings is 2. The summed E-state index contributed by atoms with van der Waals surface area (Å²) in [6.07, 6.45) is 2.11. The third-order valence-electron chi connectivity index (χ3n) is 9.67. The van der Waals surface area contributed by atoms with E-state index in [1.54, 1.807) is 0 Å². The number of halogens is 4. The van der Waals surface area contributed by atoms with Crippen LogP contribution in [0.5, 0.6) is 11.5 Å². The second-order valence-corrected chi connectivity index (χ2v) is 14.3. The minimum Gasteiger partial charge on any atom is -0.496 e. The quantitative estimate of drug-likeness (QED) is 0.267.